The first kappa shape index (κ1) is 22.1. The minimum absolute atomic E-state index is 0. The monoisotopic (exact) mass is 468 g/mol. The van der Waals surface area contributed by atoms with Gasteiger partial charge in [-0.05, 0) is 24.6 Å². The van der Waals surface area contributed by atoms with Crippen molar-refractivity contribution in [1.29, 1.82) is 5.26 Å². The van der Waals surface area contributed by atoms with Crippen molar-refractivity contribution in [3.8, 4) is 28.3 Å². The van der Waals surface area contributed by atoms with Crippen LogP contribution >= 0.6 is 24.8 Å². The summed E-state index contributed by atoms with van der Waals surface area (Å²) >= 11 is 0. The first-order valence-corrected chi connectivity index (χ1v) is 10.1. The summed E-state index contributed by atoms with van der Waals surface area (Å²) in [5, 5.41) is 21.8. The van der Waals surface area contributed by atoms with E-state index in [-0.39, 0.29) is 24.8 Å². The zero-order valence-corrected chi connectivity index (χ0v) is 19.0. The Morgan fingerprint density at radius 3 is 2.56 bits per heavy atom. The molecule has 2 bridgehead atoms. The molecule has 0 aliphatic carbocycles. The van der Waals surface area contributed by atoms with Crippen LogP contribution in [0.2, 0.25) is 0 Å². The van der Waals surface area contributed by atoms with Crippen molar-refractivity contribution in [2.75, 3.05) is 18.0 Å². The van der Waals surface area contributed by atoms with Gasteiger partial charge in [-0.2, -0.15) is 15.5 Å². The summed E-state index contributed by atoms with van der Waals surface area (Å²) in [5.74, 6) is 1.01. The molecule has 8 nitrogen and oxygen atoms in total. The first-order chi connectivity index (χ1) is 14.7. The van der Waals surface area contributed by atoms with Crippen molar-refractivity contribution in [2.45, 2.75) is 18.5 Å². The summed E-state index contributed by atoms with van der Waals surface area (Å²) in [7, 11) is 1.90. The van der Waals surface area contributed by atoms with Gasteiger partial charge in [0.25, 0.3) is 0 Å². The van der Waals surface area contributed by atoms with Crippen molar-refractivity contribution < 1.29 is 0 Å². The van der Waals surface area contributed by atoms with E-state index in [4.69, 9.17) is 4.98 Å². The maximum absolute atomic E-state index is 9.59. The third-order valence-electron chi connectivity index (χ3n) is 6.18. The van der Waals surface area contributed by atoms with Gasteiger partial charge < -0.3 is 10.2 Å². The second-order valence-corrected chi connectivity index (χ2v) is 8.06. The van der Waals surface area contributed by atoms with Gasteiger partial charge in [0.15, 0.2) is 0 Å². The highest BCUT2D eigenvalue weighted by molar-refractivity contribution is 5.87. The Labute approximate surface area is 197 Å². The minimum Gasteiger partial charge on any atom is -0.351 e. The number of anilines is 1. The lowest BCUT2D eigenvalue weighted by Crippen LogP contribution is -2.43. The molecule has 0 amide bonds. The number of nitrogens with one attached hydrogen (secondary N) is 1. The second kappa shape index (κ2) is 8.43. The number of nitriles is 1. The van der Waals surface area contributed by atoms with Crippen LogP contribution in [0.4, 0.5) is 5.82 Å². The van der Waals surface area contributed by atoms with E-state index < -0.39 is 0 Å². The number of aryl methyl sites for hydroxylation is 1. The largest absolute Gasteiger partial charge is 0.351 e. The molecular weight excluding hydrogens is 447 g/mol. The predicted molar refractivity (Wildman–Crippen MR) is 127 cm³/mol. The van der Waals surface area contributed by atoms with E-state index in [1.54, 1.807) is 15.4 Å². The normalized spacial score (nSPS) is 18.9. The molecule has 0 saturated carbocycles. The van der Waals surface area contributed by atoms with E-state index in [1.807, 2.05) is 31.8 Å². The van der Waals surface area contributed by atoms with E-state index in [1.165, 1.54) is 6.42 Å². The zero-order valence-electron chi connectivity index (χ0n) is 17.3. The lowest BCUT2D eigenvalue weighted by atomic mass is 10.0. The van der Waals surface area contributed by atoms with Gasteiger partial charge in [0.05, 0.1) is 23.5 Å². The highest BCUT2D eigenvalue weighted by Crippen LogP contribution is 2.33. The van der Waals surface area contributed by atoms with Gasteiger partial charge in [-0.25, -0.2) is 9.50 Å². The number of hydrogen-bond acceptors (Lipinski definition) is 6. The van der Waals surface area contributed by atoms with Crippen LogP contribution in [0, 0.1) is 11.3 Å². The van der Waals surface area contributed by atoms with Gasteiger partial charge >= 0.3 is 0 Å². The molecule has 4 aromatic rings. The smallest absolute Gasteiger partial charge is 0.128 e. The Morgan fingerprint density at radius 2 is 1.94 bits per heavy atom. The Balaban J connectivity index is 0.00000122. The summed E-state index contributed by atoms with van der Waals surface area (Å²) in [6.45, 7) is 2.04. The minimum atomic E-state index is 0. The Bertz CT molecular complexity index is 1300. The van der Waals surface area contributed by atoms with Crippen LogP contribution in [0.1, 0.15) is 12.0 Å². The average molecular weight is 469 g/mol. The highest BCUT2D eigenvalue weighted by atomic mass is 35.5. The summed E-state index contributed by atoms with van der Waals surface area (Å²) in [6, 6.07) is 9.65. The van der Waals surface area contributed by atoms with Gasteiger partial charge in [-0.15, -0.1) is 24.8 Å². The lowest BCUT2D eigenvalue weighted by Gasteiger charge is -2.28. The molecule has 0 unspecified atom stereocenters. The summed E-state index contributed by atoms with van der Waals surface area (Å²) < 4.78 is 3.55. The molecule has 0 spiro atoms. The fourth-order valence-electron chi connectivity index (χ4n) is 4.71. The molecular formula is C22H22Cl2N8. The molecule has 2 aliphatic heterocycles. The molecule has 6 rings (SSSR count). The highest BCUT2D eigenvalue weighted by Gasteiger charge is 2.38. The lowest BCUT2D eigenvalue weighted by molar-refractivity contribution is 0.576. The average Bonchev–Trinajstić information content (AvgIpc) is 3.56. The van der Waals surface area contributed by atoms with Gasteiger partial charge in [0.1, 0.15) is 11.9 Å². The number of fused-ring (bicyclic) bond motifs is 3. The number of nitrogens with zero attached hydrogens (tertiary/aromatic N) is 7. The number of pyridine rings is 2. The maximum Gasteiger partial charge on any atom is 0.128 e. The molecule has 4 aromatic heterocycles. The fraction of sp³-hybridized carbons (Fsp3) is 0.273. The second-order valence-electron chi connectivity index (χ2n) is 8.06. The topological polar surface area (TPSA) is 87.1 Å². The standard InChI is InChI=1S/C22H20N8.2ClH/c1-28-11-17(9-26-28)15-4-20(22-16(6-23)8-27-30(22)12-15)14-2-3-21(25-7-14)29-13-18-5-19(29)10-24-18;;/h2-4,7-9,11-12,18-19,24H,5,10,13H2,1H3;2*1H/t18-,19-;;/m0../s1. The van der Waals surface area contributed by atoms with E-state index in [0.29, 0.717) is 17.6 Å². The number of piperazine rings is 1. The molecule has 2 saturated heterocycles. The summed E-state index contributed by atoms with van der Waals surface area (Å²) in [6.07, 6.45) is 10.5. The molecule has 10 heteroatoms. The van der Waals surface area contributed by atoms with Crippen LogP contribution in [-0.2, 0) is 7.05 Å². The SMILES string of the molecule is Cl.Cl.Cn1cc(-c2cc(-c3ccc(N4C[C@@H]5C[C@H]4CN5)nc3)c3c(C#N)cnn3c2)cn1. The van der Waals surface area contributed by atoms with Crippen molar-refractivity contribution in [1.82, 2.24) is 29.7 Å². The zero-order chi connectivity index (χ0) is 20.2. The summed E-state index contributed by atoms with van der Waals surface area (Å²) in [4.78, 5) is 7.17. The summed E-state index contributed by atoms with van der Waals surface area (Å²) in [5.41, 5.74) is 5.24. The molecule has 0 aromatic carbocycles. The third kappa shape index (κ3) is 3.48. The van der Waals surface area contributed by atoms with E-state index in [2.05, 4.69) is 44.7 Å². The molecule has 2 aliphatic rings. The Hall–Kier alpha value is -3.12. The number of halogens is 2. The van der Waals surface area contributed by atoms with Crippen LogP contribution < -0.4 is 10.2 Å². The third-order valence-corrected chi connectivity index (χ3v) is 6.18. The quantitative estimate of drug-likeness (QED) is 0.497. The van der Waals surface area contributed by atoms with E-state index in [0.717, 1.165) is 46.7 Å². The van der Waals surface area contributed by atoms with Crippen LogP contribution in [0.5, 0.6) is 0 Å². The van der Waals surface area contributed by atoms with Crippen molar-refractivity contribution in [3.63, 3.8) is 0 Å². The predicted octanol–water partition coefficient (Wildman–Crippen LogP) is 3.06. The van der Waals surface area contributed by atoms with Gasteiger partial charge in [0, 0.05) is 73.1 Å². The maximum atomic E-state index is 9.59. The molecule has 0 radical (unpaired) electrons. The van der Waals surface area contributed by atoms with E-state index in [9.17, 15) is 5.26 Å². The molecule has 2 fully saturated rings. The number of aromatic nitrogens is 5. The number of rotatable bonds is 3. The van der Waals surface area contributed by atoms with Crippen LogP contribution in [0.3, 0.4) is 0 Å². The van der Waals surface area contributed by atoms with E-state index >= 15 is 0 Å². The van der Waals surface area contributed by atoms with Crippen molar-refractivity contribution in [3.05, 3.63) is 54.7 Å². The molecule has 32 heavy (non-hydrogen) atoms. The molecule has 6 heterocycles. The molecule has 2 atom stereocenters. The van der Waals surface area contributed by atoms with Crippen LogP contribution in [0.15, 0.2) is 49.2 Å². The fourth-order valence-corrected chi connectivity index (χ4v) is 4.71. The van der Waals surface area contributed by atoms with Crippen LogP contribution in [0.25, 0.3) is 27.8 Å². The first-order valence-electron chi connectivity index (χ1n) is 10.1. The van der Waals surface area contributed by atoms with Crippen LogP contribution in [-0.4, -0.2) is 49.6 Å². The van der Waals surface area contributed by atoms with Gasteiger partial charge in [0.2, 0.25) is 0 Å². The van der Waals surface area contributed by atoms with Gasteiger partial charge in [-0.1, -0.05) is 0 Å². The van der Waals surface area contributed by atoms with Crippen molar-refractivity contribution in [2.24, 2.45) is 7.05 Å². The van der Waals surface area contributed by atoms with Crippen molar-refractivity contribution >= 4 is 36.1 Å². The van der Waals surface area contributed by atoms with Gasteiger partial charge in [-0.3, -0.25) is 4.68 Å². The molecule has 164 valence electrons. The molecule has 1 N–H and O–H groups in total. The Morgan fingerprint density at radius 1 is 1.06 bits per heavy atom. The Kier molecular flexibility index (Phi) is 5.82. The number of hydrogen-bond donors (Lipinski definition) is 1.